The fraction of sp³-hybridized carbons (Fsp3) is 0.333. The summed E-state index contributed by atoms with van der Waals surface area (Å²) in [6.45, 7) is 2.88. The standard InChI is InChI=1S/C15H17Cl2NO/c1-11(4-6-14-3-2-8-19-14)18-10-12-9-13(16)5-7-15(12)17/h2-3,5,7-9,11,18H,4,6,10H2,1H3. The Morgan fingerprint density at radius 1 is 1.26 bits per heavy atom. The second-order valence-electron chi connectivity index (χ2n) is 4.64. The van der Waals surface area contributed by atoms with E-state index in [0.717, 1.165) is 35.7 Å². The van der Waals surface area contributed by atoms with Gasteiger partial charge in [0.25, 0.3) is 0 Å². The first-order chi connectivity index (χ1) is 9.15. The van der Waals surface area contributed by atoms with Crippen LogP contribution in [0.15, 0.2) is 41.0 Å². The van der Waals surface area contributed by atoms with Crippen LogP contribution in [-0.4, -0.2) is 6.04 Å². The van der Waals surface area contributed by atoms with Crippen molar-refractivity contribution in [1.29, 1.82) is 0 Å². The van der Waals surface area contributed by atoms with Gasteiger partial charge < -0.3 is 9.73 Å². The Bertz CT molecular complexity index is 511. The van der Waals surface area contributed by atoms with Crippen molar-refractivity contribution in [2.24, 2.45) is 0 Å². The van der Waals surface area contributed by atoms with E-state index < -0.39 is 0 Å². The number of hydrogen-bond donors (Lipinski definition) is 1. The molecule has 2 aromatic rings. The predicted molar refractivity (Wildman–Crippen MR) is 79.8 cm³/mol. The Labute approximate surface area is 123 Å². The molecule has 0 bridgehead atoms. The van der Waals surface area contributed by atoms with Crippen LogP contribution in [0.5, 0.6) is 0 Å². The molecule has 1 unspecified atom stereocenters. The SMILES string of the molecule is CC(CCc1ccco1)NCc1cc(Cl)ccc1Cl. The molecule has 0 aliphatic carbocycles. The zero-order chi connectivity index (χ0) is 13.7. The highest BCUT2D eigenvalue weighted by atomic mass is 35.5. The van der Waals surface area contributed by atoms with Gasteiger partial charge >= 0.3 is 0 Å². The first kappa shape index (κ1) is 14.4. The lowest BCUT2D eigenvalue weighted by molar-refractivity contribution is 0.460. The summed E-state index contributed by atoms with van der Waals surface area (Å²) in [7, 11) is 0. The average molecular weight is 298 g/mol. The van der Waals surface area contributed by atoms with Crippen molar-refractivity contribution in [3.63, 3.8) is 0 Å². The summed E-state index contributed by atoms with van der Waals surface area (Å²) in [5.74, 6) is 1.02. The van der Waals surface area contributed by atoms with Crippen molar-refractivity contribution in [2.45, 2.75) is 32.4 Å². The van der Waals surface area contributed by atoms with Crippen LogP contribution in [0.3, 0.4) is 0 Å². The Balaban J connectivity index is 1.79. The van der Waals surface area contributed by atoms with Crippen molar-refractivity contribution >= 4 is 23.2 Å². The average Bonchev–Trinajstić information content (AvgIpc) is 2.90. The molecule has 0 fully saturated rings. The summed E-state index contributed by atoms with van der Waals surface area (Å²) < 4.78 is 5.32. The number of rotatable bonds is 6. The van der Waals surface area contributed by atoms with Gasteiger partial charge in [0.15, 0.2) is 0 Å². The summed E-state index contributed by atoms with van der Waals surface area (Å²) in [6, 6.07) is 9.83. The van der Waals surface area contributed by atoms with E-state index in [4.69, 9.17) is 27.6 Å². The Hall–Kier alpha value is -0.960. The molecule has 2 rings (SSSR count). The molecule has 0 saturated heterocycles. The van der Waals surface area contributed by atoms with E-state index >= 15 is 0 Å². The highest BCUT2D eigenvalue weighted by Crippen LogP contribution is 2.20. The minimum atomic E-state index is 0.389. The van der Waals surface area contributed by atoms with E-state index in [1.807, 2.05) is 24.3 Å². The van der Waals surface area contributed by atoms with Crippen molar-refractivity contribution in [2.75, 3.05) is 0 Å². The predicted octanol–water partition coefficient (Wildman–Crippen LogP) is 4.70. The monoisotopic (exact) mass is 297 g/mol. The second-order valence-corrected chi connectivity index (χ2v) is 5.48. The van der Waals surface area contributed by atoms with Crippen LogP contribution in [0.2, 0.25) is 10.0 Å². The van der Waals surface area contributed by atoms with E-state index in [-0.39, 0.29) is 0 Å². The molecule has 1 heterocycles. The normalized spacial score (nSPS) is 12.6. The summed E-state index contributed by atoms with van der Waals surface area (Å²) >= 11 is 12.1. The first-order valence-electron chi connectivity index (χ1n) is 6.35. The van der Waals surface area contributed by atoms with Crippen molar-refractivity contribution in [3.8, 4) is 0 Å². The second kappa shape index (κ2) is 6.99. The van der Waals surface area contributed by atoms with Crippen molar-refractivity contribution in [1.82, 2.24) is 5.32 Å². The van der Waals surface area contributed by atoms with Gasteiger partial charge in [0.1, 0.15) is 5.76 Å². The van der Waals surface area contributed by atoms with Crippen LogP contribution in [0, 0.1) is 0 Å². The molecule has 0 aliphatic heterocycles. The van der Waals surface area contributed by atoms with Crippen LogP contribution >= 0.6 is 23.2 Å². The van der Waals surface area contributed by atoms with Crippen LogP contribution < -0.4 is 5.32 Å². The zero-order valence-corrected chi connectivity index (χ0v) is 12.3. The van der Waals surface area contributed by atoms with Gasteiger partial charge in [-0.25, -0.2) is 0 Å². The Morgan fingerprint density at radius 3 is 2.84 bits per heavy atom. The van der Waals surface area contributed by atoms with Crippen LogP contribution in [-0.2, 0) is 13.0 Å². The molecule has 102 valence electrons. The van der Waals surface area contributed by atoms with Gasteiger partial charge in [0.05, 0.1) is 6.26 Å². The third-order valence-electron chi connectivity index (χ3n) is 3.05. The van der Waals surface area contributed by atoms with E-state index in [9.17, 15) is 0 Å². The third kappa shape index (κ3) is 4.57. The zero-order valence-electron chi connectivity index (χ0n) is 10.8. The topological polar surface area (TPSA) is 25.2 Å². The molecular formula is C15H17Cl2NO. The quantitative estimate of drug-likeness (QED) is 0.836. The minimum Gasteiger partial charge on any atom is -0.469 e. The minimum absolute atomic E-state index is 0.389. The molecule has 19 heavy (non-hydrogen) atoms. The van der Waals surface area contributed by atoms with Crippen molar-refractivity contribution in [3.05, 3.63) is 58.0 Å². The number of furan rings is 1. The molecule has 2 nitrogen and oxygen atoms in total. The van der Waals surface area contributed by atoms with Gasteiger partial charge in [0, 0.05) is 29.1 Å². The number of halogens is 2. The van der Waals surface area contributed by atoms with Gasteiger partial charge in [0.2, 0.25) is 0 Å². The summed E-state index contributed by atoms with van der Waals surface area (Å²) in [5, 5.41) is 4.90. The Kier molecular flexibility index (Phi) is 5.32. The highest BCUT2D eigenvalue weighted by molar-refractivity contribution is 6.33. The molecule has 1 aromatic heterocycles. The first-order valence-corrected chi connectivity index (χ1v) is 7.10. The van der Waals surface area contributed by atoms with Crippen LogP contribution in [0.1, 0.15) is 24.7 Å². The molecule has 0 radical (unpaired) electrons. The lowest BCUT2D eigenvalue weighted by Gasteiger charge is -2.14. The molecule has 1 N–H and O–H groups in total. The maximum Gasteiger partial charge on any atom is 0.103 e. The fourth-order valence-electron chi connectivity index (χ4n) is 1.88. The van der Waals surface area contributed by atoms with Gasteiger partial charge in [-0.1, -0.05) is 23.2 Å². The lowest BCUT2D eigenvalue weighted by Crippen LogP contribution is -2.26. The summed E-state index contributed by atoms with van der Waals surface area (Å²) in [5.41, 5.74) is 1.03. The van der Waals surface area contributed by atoms with Crippen LogP contribution in [0.25, 0.3) is 0 Å². The summed E-state index contributed by atoms with van der Waals surface area (Å²) in [4.78, 5) is 0. The number of nitrogens with one attached hydrogen (secondary N) is 1. The maximum atomic E-state index is 6.12. The molecule has 0 spiro atoms. The molecule has 0 saturated carbocycles. The van der Waals surface area contributed by atoms with Gasteiger partial charge in [-0.3, -0.25) is 0 Å². The molecule has 0 aliphatic rings. The third-order valence-corrected chi connectivity index (χ3v) is 3.66. The van der Waals surface area contributed by atoms with E-state index in [1.165, 1.54) is 0 Å². The molecule has 0 amide bonds. The largest absolute Gasteiger partial charge is 0.469 e. The molecule has 4 heteroatoms. The van der Waals surface area contributed by atoms with Gasteiger partial charge in [-0.15, -0.1) is 0 Å². The van der Waals surface area contributed by atoms with Gasteiger partial charge in [-0.05, 0) is 49.2 Å². The maximum absolute atomic E-state index is 6.12. The van der Waals surface area contributed by atoms with Crippen LogP contribution in [0.4, 0.5) is 0 Å². The van der Waals surface area contributed by atoms with E-state index in [0.29, 0.717) is 11.1 Å². The molecule has 1 aromatic carbocycles. The fourth-order valence-corrected chi connectivity index (χ4v) is 2.26. The molecular weight excluding hydrogens is 281 g/mol. The smallest absolute Gasteiger partial charge is 0.103 e. The lowest BCUT2D eigenvalue weighted by atomic mass is 10.1. The van der Waals surface area contributed by atoms with Crippen molar-refractivity contribution < 1.29 is 4.42 Å². The molecule has 1 atom stereocenters. The number of aryl methyl sites for hydroxylation is 1. The van der Waals surface area contributed by atoms with E-state index in [1.54, 1.807) is 12.3 Å². The Morgan fingerprint density at radius 2 is 2.11 bits per heavy atom. The summed E-state index contributed by atoms with van der Waals surface area (Å²) in [6.07, 6.45) is 3.66. The number of hydrogen-bond acceptors (Lipinski definition) is 2. The highest BCUT2D eigenvalue weighted by Gasteiger charge is 2.06. The van der Waals surface area contributed by atoms with Gasteiger partial charge in [-0.2, -0.15) is 0 Å². The van der Waals surface area contributed by atoms with E-state index in [2.05, 4.69) is 12.2 Å². The number of benzene rings is 1.